The molecule has 0 bridgehead atoms. The summed E-state index contributed by atoms with van der Waals surface area (Å²) in [4.78, 5) is 14.2. The van der Waals surface area contributed by atoms with Gasteiger partial charge >= 0.3 is 0 Å². The van der Waals surface area contributed by atoms with Gasteiger partial charge < -0.3 is 20.3 Å². The molecule has 0 amide bonds. The summed E-state index contributed by atoms with van der Waals surface area (Å²) in [6.45, 7) is 11.5. The first-order valence-electron chi connectivity index (χ1n) is 10.9. The number of nitrogens with zero attached hydrogens (tertiary/aromatic N) is 4. The summed E-state index contributed by atoms with van der Waals surface area (Å²) in [5.74, 6) is 1.98. The predicted molar refractivity (Wildman–Crippen MR) is 115 cm³/mol. The van der Waals surface area contributed by atoms with Crippen LogP contribution in [0.2, 0.25) is 0 Å². The number of hydrogen-bond donors (Lipinski definition) is 2. The van der Waals surface area contributed by atoms with Crippen molar-refractivity contribution in [3.05, 3.63) is 23.9 Å². The number of ether oxygens (including phenoxy) is 1. The standard InChI is InChI=1S/C21H36N6O/c1-2-22-21(24-9-12-26-13-15-28-16-14-26)25-18-19-7-8-23-20(17-19)27-10-5-3-4-6-11-27/h7-8,17H,2-6,9-16,18H2,1H3,(H2,22,24,25). The third-order valence-corrected chi connectivity index (χ3v) is 5.33. The van der Waals surface area contributed by atoms with Crippen LogP contribution in [0.5, 0.6) is 0 Å². The van der Waals surface area contributed by atoms with Gasteiger partial charge in [0.2, 0.25) is 0 Å². The summed E-state index contributed by atoms with van der Waals surface area (Å²) < 4.78 is 5.41. The fourth-order valence-electron chi connectivity index (χ4n) is 3.70. The predicted octanol–water partition coefficient (Wildman–Crippen LogP) is 1.85. The van der Waals surface area contributed by atoms with E-state index < -0.39 is 0 Å². The SMILES string of the molecule is CCNC(=NCc1ccnc(N2CCCCCC2)c1)NCCN1CCOCC1. The maximum Gasteiger partial charge on any atom is 0.191 e. The van der Waals surface area contributed by atoms with Crippen molar-refractivity contribution in [2.75, 3.05) is 63.9 Å². The number of hydrogen-bond acceptors (Lipinski definition) is 5. The summed E-state index contributed by atoms with van der Waals surface area (Å²) in [6, 6.07) is 4.27. The summed E-state index contributed by atoms with van der Waals surface area (Å²) >= 11 is 0. The molecule has 2 aliphatic rings. The molecule has 3 rings (SSSR count). The summed E-state index contributed by atoms with van der Waals surface area (Å²) in [5.41, 5.74) is 1.21. The minimum absolute atomic E-state index is 0.663. The van der Waals surface area contributed by atoms with Crippen LogP contribution < -0.4 is 15.5 Å². The Morgan fingerprint density at radius 1 is 1.11 bits per heavy atom. The molecule has 7 nitrogen and oxygen atoms in total. The van der Waals surface area contributed by atoms with Gasteiger partial charge in [-0.2, -0.15) is 0 Å². The third-order valence-electron chi connectivity index (χ3n) is 5.33. The fourth-order valence-corrected chi connectivity index (χ4v) is 3.70. The molecule has 2 aliphatic heterocycles. The van der Waals surface area contributed by atoms with Gasteiger partial charge in [0.05, 0.1) is 19.8 Å². The van der Waals surface area contributed by atoms with Gasteiger partial charge in [0.25, 0.3) is 0 Å². The molecule has 3 heterocycles. The van der Waals surface area contributed by atoms with Crippen molar-refractivity contribution in [2.24, 2.45) is 4.99 Å². The van der Waals surface area contributed by atoms with Gasteiger partial charge in [-0.15, -0.1) is 0 Å². The monoisotopic (exact) mass is 388 g/mol. The highest BCUT2D eigenvalue weighted by atomic mass is 16.5. The normalized spacial score (nSPS) is 19.3. The van der Waals surface area contributed by atoms with Gasteiger partial charge in [0.1, 0.15) is 5.82 Å². The molecule has 0 unspecified atom stereocenters. The highest BCUT2D eigenvalue weighted by Gasteiger charge is 2.12. The Morgan fingerprint density at radius 2 is 1.89 bits per heavy atom. The zero-order valence-corrected chi connectivity index (χ0v) is 17.3. The minimum atomic E-state index is 0.663. The lowest BCUT2D eigenvalue weighted by Gasteiger charge is -2.26. The molecule has 0 aromatic carbocycles. The largest absolute Gasteiger partial charge is 0.379 e. The van der Waals surface area contributed by atoms with Crippen molar-refractivity contribution >= 4 is 11.8 Å². The van der Waals surface area contributed by atoms with Crippen LogP contribution in [0.3, 0.4) is 0 Å². The average molecular weight is 389 g/mol. The van der Waals surface area contributed by atoms with Gasteiger partial charge in [-0.25, -0.2) is 9.98 Å². The van der Waals surface area contributed by atoms with Gasteiger partial charge in [0, 0.05) is 52.0 Å². The molecule has 7 heteroatoms. The molecule has 28 heavy (non-hydrogen) atoms. The van der Waals surface area contributed by atoms with Crippen molar-refractivity contribution in [2.45, 2.75) is 39.2 Å². The molecule has 1 aromatic rings. The summed E-state index contributed by atoms with van der Waals surface area (Å²) in [5, 5.41) is 6.80. The first-order chi connectivity index (χ1) is 13.8. The second kappa shape index (κ2) is 11.9. The van der Waals surface area contributed by atoms with E-state index in [0.717, 1.165) is 70.8 Å². The number of anilines is 1. The molecule has 156 valence electrons. The molecule has 0 saturated carbocycles. The van der Waals surface area contributed by atoms with E-state index in [2.05, 4.69) is 44.5 Å². The van der Waals surface area contributed by atoms with Crippen molar-refractivity contribution < 1.29 is 4.74 Å². The molecule has 2 saturated heterocycles. The van der Waals surface area contributed by atoms with Crippen LogP contribution in [0.4, 0.5) is 5.82 Å². The Labute approximate surface area is 169 Å². The number of nitrogens with one attached hydrogen (secondary N) is 2. The molecule has 1 aromatic heterocycles. The Morgan fingerprint density at radius 3 is 2.64 bits per heavy atom. The zero-order chi connectivity index (χ0) is 19.4. The van der Waals surface area contributed by atoms with Gasteiger partial charge in [-0.3, -0.25) is 4.90 Å². The van der Waals surface area contributed by atoms with E-state index in [9.17, 15) is 0 Å². The van der Waals surface area contributed by atoms with Crippen molar-refractivity contribution in [1.29, 1.82) is 0 Å². The quantitative estimate of drug-likeness (QED) is 0.549. The summed E-state index contributed by atoms with van der Waals surface area (Å²) in [7, 11) is 0. The summed E-state index contributed by atoms with van der Waals surface area (Å²) in [6.07, 6.45) is 7.12. The van der Waals surface area contributed by atoms with E-state index in [-0.39, 0.29) is 0 Å². The van der Waals surface area contributed by atoms with E-state index in [0.29, 0.717) is 6.54 Å². The van der Waals surface area contributed by atoms with Gasteiger partial charge in [0.15, 0.2) is 5.96 Å². The number of guanidine groups is 1. The lowest BCUT2D eigenvalue weighted by atomic mass is 10.2. The van der Waals surface area contributed by atoms with Crippen molar-refractivity contribution in [1.82, 2.24) is 20.5 Å². The molecule has 0 aliphatic carbocycles. The van der Waals surface area contributed by atoms with Gasteiger partial charge in [-0.1, -0.05) is 12.8 Å². The second-order valence-corrected chi connectivity index (χ2v) is 7.50. The van der Waals surface area contributed by atoms with Crippen LogP contribution in [0, 0.1) is 0 Å². The first kappa shape index (κ1) is 20.9. The zero-order valence-electron chi connectivity index (χ0n) is 17.3. The van der Waals surface area contributed by atoms with E-state index in [1.165, 1.54) is 31.2 Å². The topological polar surface area (TPSA) is 65.0 Å². The molecular weight excluding hydrogens is 352 g/mol. The smallest absolute Gasteiger partial charge is 0.191 e. The van der Waals surface area contributed by atoms with Crippen LogP contribution >= 0.6 is 0 Å². The van der Waals surface area contributed by atoms with Crippen LogP contribution in [0.15, 0.2) is 23.3 Å². The van der Waals surface area contributed by atoms with E-state index in [1.807, 2.05) is 6.20 Å². The third kappa shape index (κ3) is 6.95. The Balaban J connectivity index is 1.52. The molecule has 0 spiro atoms. The van der Waals surface area contributed by atoms with Gasteiger partial charge in [-0.05, 0) is 37.5 Å². The molecule has 2 N–H and O–H groups in total. The lowest BCUT2D eigenvalue weighted by Crippen LogP contribution is -2.44. The van der Waals surface area contributed by atoms with Crippen LogP contribution in [0.25, 0.3) is 0 Å². The molecular formula is C21H36N6O. The average Bonchev–Trinajstić information content (AvgIpc) is 3.03. The fraction of sp³-hybridized carbons (Fsp3) is 0.714. The molecule has 0 radical (unpaired) electrons. The highest BCUT2D eigenvalue weighted by Crippen LogP contribution is 2.18. The minimum Gasteiger partial charge on any atom is -0.379 e. The van der Waals surface area contributed by atoms with Crippen LogP contribution in [-0.4, -0.2) is 74.9 Å². The highest BCUT2D eigenvalue weighted by molar-refractivity contribution is 5.79. The number of rotatable bonds is 7. The van der Waals surface area contributed by atoms with Crippen LogP contribution in [-0.2, 0) is 11.3 Å². The first-order valence-corrected chi connectivity index (χ1v) is 10.9. The van der Waals surface area contributed by atoms with E-state index in [1.54, 1.807) is 0 Å². The van der Waals surface area contributed by atoms with Crippen molar-refractivity contribution in [3.63, 3.8) is 0 Å². The number of aromatic nitrogens is 1. The Bertz CT molecular complexity index is 594. The number of morpholine rings is 1. The lowest BCUT2D eigenvalue weighted by molar-refractivity contribution is 0.0389. The number of pyridine rings is 1. The molecule has 0 atom stereocenters. The van der Waals surface area contributed by atoms with Crippen LogP contribution in [0.1, 0.15) is 38.2 Å². The van der Waals surface area contributed by atoms with E-state index >= 15 is 0 Å². The Kier molecular flexibility index (Phi) is 8.84. The maximum atomic E-state index is 5.41. The second-order valence-electron chi connectivity index (χ2n) is 7.50. The van der Waals surface area contributed by atoms with Crippen molar-refractivity contribution in [3.8, 4) is 0 Å². The number of aliphatic imine (C=N–C) groups is 1. The Hall–Kier alpha value is -1.86. The maximum absolute atomic E-state index is 5.41. The van der Waals surface area contributed by atoms with E-state index in [4.69, 9.17) is 9.73 Å². The molecule has 2 fully saturated rings.